The number of carbonyl (C=O) groups is 1. The third kappa shape index (κ3) is 5.71. The summed E-state index contributed by atoms with van der Waals surface area (Å²) in [6.45, 7) is -0.226. The molecule has 24 heavy (non-hydrogen) atoms. The number of para-hydroxylation sites is 1. The largest absolute Gasteiger partial charge is 0.482 e. The summed E-state index contributed by atoms with van der Waals surface area (Å²) in [5.74, 6) is -0.0525. The Morgan fingerprint density at radius 2 is 1.92 bits per heavy atom. The summed E-state index contributed by atoms with van der Waals surface area (Å²) >= 11 is 3.35. The summed E-state index contributed by atoms with van der Waals surface area (Å²) < 4.78 is 6.02. The zero-order valence-corrected chi connectivity index (χ0v) is 14.2. The number of amides is 1. The maximum absolute atomic E-state index is 11.7. The van der Waals surface area contributed by atoms with Gasteiger partial charge in [-0.15, -0.1) is 0 Å². The highest BCUT2D eigenvalue weighted by Gasteiger charge is 2.05. The molecule has 2 rings (SSSR count). The van der Waals surface area contributed by atoms with Gasteiger partial charge in [0, 0.05) is 4.48 Å². The van der Waals surface area contributed by atoms with E-state index in [1.165, 1.54) is 6.21 Å². The number of hydrogen-bond acceptors (Lipinski definition) is 4. The van der Waals surface area contributed by atoms with Gasteiger partial charge in [0.05, 0.1) is 11.8 Å². The Bertz CT molecular complexity index is 795. The summed E-state index contributed by atoms with van der Waals surface area (Å²) in [4.78, 5) is 11.7. The number of nitriles is 1. The molecule has 0 heterocycles. The number of benzene rings is 2. The van der Waals surface area contributed by atoms with Gasteiger partial charge in [-0.2, -0.15) is 10.4 Å². The predicted molar refractivity (Wildman–Crippen MR) is 96.6 cm³/mol. The third-order valence-electron chi connectivity index (χ3n) is 2.85. The van der Waals surface area contributed by atoms with Crippen LogP contribution in [0.4, 0.5) is 0 Å². The van der Waals surface area contributed by atoms with Crippen LogP contribution in [0.15, 0.2) is 64.2 Å². The standard InChI is InChI=1S/C18H14BrN3O2/c19-16(10-14-6-2-1-3-7-14)12-21-22-18(23)13-24-17-9-5-4-8-15(17)11-20/h1-10,12H,13H2,(H,22,23). The van der Waals surface area contributed by atoms with Gasteiger partial charge in [0.25, 0.3) is 5.91 Å². The molecule has 1 N–H and O–H groups in total. The fourth-order valence-electron chi connectivity index (χ4n) is 1.77. The first-order valence-corrected chi connectivity index (χ1v) is 7.84. The lowest BCUT2D eigenvalue weighted by Crippen LogP contribution is -2.24. The van der Waals surface area contributed by atoms with E-state index < -0.39 is 5.91 Å². The number of hydrogen-bond donors (Lipinski definition) is 1. The zero-order valence-electron chi connectivity index (χ0n) is 12.6. The molecule has 6 heteroatoms. The van der Waals surface area contributed by atoms with Crippen molar-refractivity contribution < 1.29 is 9.53 Å². The maximum Gasteiger partial charge on any atom is 0.277 e. The van der Waals surface area contributed by atoms with E-state index in [-0.39, 0.29) is 6.61 Å². The normalized spacial score (nSPS) is 11.1. The number of carbonyl (C=O) groups excluding carboxylic acids is 1. The first-order valence-electron chi connectivity index (χ1n) is 7.05. The van der Waals surface area contributed by atoms with Gasteiger partial charge < -0.3 is 4.74 Å². The fraction of sp³-hybridized carbons (Fsp3) is 0.0556. The van der Waals surface area contributed by atoms with Crippen molar-refractivity contribution in [2.45, 2.75) is 0 Å². The molecule has 0 radical (unpaired) electrons. The van der Waals surface area contributed by atoms with Crippen LogP contribution in [0.2, 0.25) is 0 Å². The van der Waals surface area contributed by atoms with Crippen LogP contribution in [0.5, 0.6) is 5.75 Å². The van der Waals surface area contributed by atoms with Crippen molar-refractivity contribution in [3.63, 3.8) is 0 Å². The van der Waals surface area contributed by atoms with Crippen LogP contribution < -0.4 is 10.2 Å². The molecule has 0 aliphatic heterocycles. The van der Waals surface area contributed by atoms with Gasteiger partial charge in [0.1, 0.15) is 11.8 Å². The lowest BCUT2D eigenvalue weighted by Gasteiger charge is -2.06. The smallest absolute Gasteiger partial charge is 0.277 e. The van der Waals surface area contributed by atoms with Crippen LogP contribution >= 0.6 is 15.9 Å². The molecule has 5 nitrogen and oxygen atoms in total. The lowest BCUT2D eigenvalue weighted by atomic mass is 10.2. The van der Waals surface area contributed by atoms with Gasteiger partial charge in [0.2, 0.25) is 0 Å². The van der Waals surface area contributed by atoms with E-state index in [9.17, 15) is 4.79 Å². The van der Waals surface area contributed by atoms with Crippen molar-refractivity contribution in [2.24, 2.45) is 5.10 Å². The molecule has 1 amide bonds. The Balaban J connectivity index is 1.83. The number of rotatable bonds is 6. The van der Waals surface area contributed by atoms with Gasteiger partial charge in [-0.3, -0.25) is 4.79 Å². The van der Waals surface area contributed by atoms with E-state index >= 15 is 0 Å². The molecule has 0 fully saturated rings. The van der Waals surface area contributed by atoms with Crippen molar-refractivity contribution in [2.75, 3.05) is 6.61 Å². The molecule has 0 aromatic heterocycles. The van der Waals surface area contributed by atoms with Crippen molar-refractivity contribution in [1.29, 1.82) is 5.26 Å². The number of allylic oxidation sites excluding steroid dienone is 1. The average Bonchev–Trinajstić information content (AvgIpc) is 2.61. The number of ether oxygens (including phenoxy) is 1. The lowest BCUT2D eigenvalue weighted by molar-refractivity contribution is -0.123. The molecular formula is C18H14BrN3O2. The van der Waals surface area contributed by atoms with Crippen LogP contribution in [0.3, 0.4) is 0 Å². The molecule has 2 aromatic rings. The van der Waals surface area contributed by atoms with E-state index in [4.69, 9.17) is 10.00 Å². The minimum absolute atomic E-state index is 0.226. The van der Waals surface area contributed by atoms with E-state index in [1.54, 1.807) is 24.3 Å². The second-order valence-electron chi connectivity index (χ2n) is 4.63. The summed E-state index contributed by atoms with van der Waals surface area (Å²) in [7, 11) is 0. The van der Waals surface area contributed by atoms with E-state index in [1.807, 2.05) is 42.5 Å². The Kier molecular flexibility index (Phi) is 6.74. The Morgan fingerprint density at radius 3 is 2.67 bits per heavy atom. The topological polar surface area (TPSA) is 74.5 Å². The first-order chi connectivity index (χ1) is 11.7. The highest BCUT2D eigenvalue weighted by Crippen LogP contribution is 2.16. The van der Waals surface area contributed by atoms with Gasteiger partial charge >= 0.3 is 0 Å². The maximum atomic E-state index is 11.7. The van der Waals surface area contributed by atoms with Gasteiger partial charge in [0.15, 0.2) is 6.61 Å². The molecular weight excluding hydrogens is 370 g/mol. The molecule has 0 aliphatic rings. The molecule has 0 bridgehead atoms. The molecule has 2 aromatic carbocycles. The molecule has 0 saturated carbocycles. The average molecular weight is 384 g/mol. The second-order valence-corrected chi connectivity index (χ2v) is 5.55. The highest BCUT2D eigenvalue weighted by atomic mass is 79.9. The number of halogens is 1. The van der Waals surface area contributed by atoms with Crippen LogP contribution in [0.1, 0.15) is 11.1 Å². The number of nitrogens with one attached hydrogen (secondary N) is 1. The van der Waals surface area contributed by atoms with Gasteiger partial charge in [-0.25, -0.2) is 5.43 Å². The zero-order chi connectivity index (χ0) is 17.2. The Hall–Kier alpha value is -2.91. The van der Waals surface area contributed by atoms with Crippen molar-refractivity contribution >= 4 is 34.1 Å². The molecule has 0 aliphatic carbocycles. The van der Waals surface area contributed by atoms with Gasteiger partial charge in [-0.1, -0.05) is 42.5 Å². The van der Waals surface area contributed by atoms with Crippen LogP contribution in [0.25, 0.3) is 6.08 Å². The highest BCUT2D eigenvalue weighted by molar-refractivity contribution is 9.12. The number of hydrazone groups is 1. The molecule has 0 spiro atoms. The molecule has 120 valence electrons. The van der Waals surface area contributed by atoms with Crippen molar-refractivity contribution in [3.8, 4) is 11.8 Å². The predicted octanol–water partition coefficient (Wildman–Crippen LogP) is 3.48. The summed E-state index contributed by atoms with van der Waals surface area (Å²) in [6, 6.07) is 18.4. The van der Waals surface area contributed by atoms with Crippen molar-refractivity contribution in [1.82, 2.24) is 5.43 Å². The molecule has 0 saturated heterocycles. The van der Waals surface area contributed by atoms with Crippen LogP contribution in [-0.2, 0) is 4.79 Å². The van der Waals surface area contributed by atoms with Gasteiger partial charge in [-0.05, 0) is 39.7 Å². The molecule has 0 atom stereocenters. The van der Waals surface area contributed by atoms with E-state index in [0.29, 0.717) is 15.8 Å². The SMILES string of the molecule is N#Cc1ccccc1OCC(=O)NN=CC(Br)=Cc1ccccc1. The quantitative estimate of drug-likeness (QED) is 0.612. The number of nitrogens with zero attached hydrogens (tertiary/aromatic N) is 2. The monoisotopic (exact) mass is 383 g/mol. The second kappa shape index (κ2) is 9.28. The summed E-state index contributed by atoms with van der Waals surface area (Å²) in [6.07, 6.45) is 3.35. The van der Waals surface area contributed by atoms with Crippen molar-refractivity contribution in [3.05, 3.63) is 70.2 Å². The molecule has 0 unspecified atom stereocenters. The van der Waals surface area contributed by atoms with E-state index in [0.717, 1.165) is 5.56 Å². The first kappa shape index (κ1) is 17.4. The third-order valence-corrected chi connectivity index (χ3v) is 3.28. The van der Waals surface area contributed by atoms with Crippen LogP contribution in [0, 0.1) is 11.3 Å². The fourth-order valence-corrected chi connectivity index (χ4v) is 2.14. The Labute approximate surface area is 148 Å². The minimum atomic E-state index is -0.418. The summed E-state index contributed by atoms with van der Waals surface area (Å²) in [5.41, 5.74) is 3.75. The minimum Gasteiger partial charge on any atom is -0.482 e. The van der Waals surface area contributed by atoms with E-state index in [2.05, 4.69) is 26.5 Å². The summed E-state index contributed by atoms with van der Waals surface area (Å²) in [5, 5.41) is 12.8. The Morgan fingerprint density at radius 1 is 1.21 bits per heavy atom. The van der Waals surface area contributed by atoms with Crippen LogP contribution in [-0.4, -0.2) is 18.7 Å².